The van der Waals surface area contributed by atoms with Crippen molar-refractivity contribution in [2.75, 3.05) is 5.73 Å². The number of imide groups is 1. The minimum atomic E-state index is -0.792. The zero-order chi connectivity index (χ0) is 17.8. The largest absolute Gasteiger partial charge is 0.384 e. The Morgan fingerprint density at radius 3 is 2.50 bits per heavy atom. The number of hydrogen-bond acceptors (Lipinski definition) is 6. The van der Waals surface area contributed by atoms with Crippen molar-refractivity contribution in [2.45, 2.75) is 6.92 Å². The topological polar surface area (TPSA) is 137 Å². The summed E-state index contributed by atoms with van der Waals surface area (Å²) in [5.41, 5.74) is 4.54. The number of amides is 2. The quantitative estimate of drug-likeness (QED) is 0.474. The number of nitro groups is 1. The molecule has 3 N–H and O–H groups in total. The maximum absolute atomic E-state index is 12.3. The number of aromatic nitrogens is 1. The van der Waals surface area contributed by atoms with Gasteiger partial charge in [0.15, 0.2) is 0 Å². The number of carbonyl (C=O) groups is 2. The van der Waals surface area contributed by atoms with Gasteiger partial charge in [0.1, 0.15) is 11.5 Å². The summed E-state index contributed by atoms with van der Waals surface area (Å²) in [7, 11) is 0. The Hall–Kier alpha value is -3.20. The minimum Gasteiger partial charge on any atom is -0.384 e. The Bertz CT molecular complexity index is 1010. The van der Waals surface area contributed by atoms with E-state index in [-0.39, 0.29) is 27.7 Å². The molecule has 0 saturated carbocycles. The molecule has 3 rings (SSSR count). The molecular weight excluding hydrogens is 340 g/mol. The summed E-state index contributed by atoms with van der Waals surface area (Å²) >= 11 is 6.00. The van der Waals surface area contributed by atoms with Crippen LogP contribution in [0.5, 0.6) is 0 Å². The van der Waals surface area contributed by atoms with Gasteiger partial charge in [0.25, 0.3) is 23.1 Å². The first-order chi connectivity index (χ1) is 11.2. The van der Waals surface area contributed by atoms with E-state index in [1.807, 2.05) is 5.32 Å². The Morgan fingerprint density at radius 2 is 1.88 bits per heavy atom. The fourth-order valence-corrected chi connectivity index (χ4v) is 2.67. The predicted octanol–water partition coefficient (Wildman–Crippen LogP) is 1.17. The summed E-state index contributed by atoms with van der Waals surface area (Å²) < 4.78 is 0.792. The number of nitro benzene ring substituents is 1. The second kappa shape index (κ2) is 5.17. The zero-order valence-electron chi connectivity index (χ0n) is 12.1. The van der Waals surface area contributed by atoms with E-state index in [1.165, 1.54) is 12.1 Å². The molecule has 0 fully saturated rings. The molecule has 2 aromatic rings. The molecule has 0 radical (unpaired) electrons. The van der Waals surface area contributed by atoms with Gasteiger partial charge in [-0.25, -0.2) is 0 Å². The molecule has 2 amide bonds. The Labute approximate surface area is 138 Å². The number of pyridine rings is 1. The summed E-state index contributed by atoms with van der Waals surface area (Å²) in [5, 5.41) is 13.5. The molecule has 0 atom stereocenters. The summed E-state index contributed by atoms with van der Waals surface area (Å²) in [6.45, 7) is 1.57. The maximum atomic E-state index is 12.3. The lowest BCUT2D eigenvalue weighted by Crippen LogP contribution is -2.24. The van der Waals surface area contributed by atoms with Gasteiger partial charge in [-0.05, 0) is 18.6 Å². The summed E-state index contributed by atoms with van der Waals surface area (Å²) in [6, 6.07) is 3.32. The molecule has 0 saturated heterocycles. The van der Waals surface area contributed by atoms with E-state index in [0.29, 0.717) is 5.56 Å². The van der Waals surface area contributed by atoms with E-state index in [9.17, 15) is 24.5 Å². The molecule has 24 heavy (non-hydrogen) atoms. The van der Waals surface area contributed by atoms with Gasteiger partial charge < -0.3 is 5.73 Å². The van der Waals surface area contributed by atoms with Crippen molar-refractivity contribution >= 4 is 34.9 Å². The van der Waals surface area contributed by atoms with Crippen LogP contribution in [-0.4, -0.2) is 21.3 Å². The van der Waals surface area contributed by atoms with Crippen molar-refractivity contribution in [3.05, 3.63) is 60.4 Å². The van der Waals surface area contributed by atoms with Crippen molar-refractivity contribution in [1.82, 2.24) is 9.88 Å². The van der Waals surface area contributed by atoms with Crippen molar-refractivity contribution < 1.29 is 14.5 Å². The number of rotatable bonds is 2. The van der Waals surface area contributed by atoms with Crippen LogP contribution in [0.1, 0.15) is 26.3 Å². The van der Waals surface area contributed by atoms with Crippen LogP contribution in [0.15, 0.2) is 23.0 Å². The zero-order valence-corrected chi connectivity index (χ0v) is 12.9. The van der Waals surface area contributed by atoms with E-state index >= 15 is 0 Å². The van der Waals surface area contributed by atoms with Crippen molar-refractivity contribution in [3.63, 3.8) is 0 Å². The minimum absolute atomic E-state index is 0.167. The van der Waals surface area contributed by atoms with Gasteiger partial charge in [0.05, 0.1) is 16.1 Å². The maximum Gasteiger partial charge on any atom is 0.293 e. The fraction of sp³-hybridized carbons (Fsp3) is 0.0714. The van der Waals surface area contributed by atoms with E-state index in [1.54, 1.807) is 6.92 Å². The fourth-order valence-electron chi connectivity index (χ4n) is 2.51. The van der Waals surface area contributed by atoms with Crippen LogP contribution in [-0.2, 0) is 0 Å². The number of nitrogens with one attached hydrogen (secondary N) is 1. The van der Waals surface area contributed by atoms with Crippen molar-refractivity contribution in [1.29, 1.82) is 0 Å². The van der Waals surface area contributed by atoms with Crippen LogP contribution in [0.2, 0.25) is 5.02 Å². The van der Waals surface area contributed by atoms with E-state index < -0.39 is 28.0 Å². The van der Waals surface area contributed by atoms with E-state index in [0.717, 1.165) is 10.6 Å². The summed E-state index contributed by atoms with van der Waals surface area (Å²) in [4.78, 5) is 46.4. The lowest BCUT2D eigenvalue weighted by molar-refractivity contribution is -0.384. The molecule has 9 nitrogen and oxygen atoms in total. The monoisotopic (exact) mass is 348 g/mol. The molecule has 2 heterocycles. The standard InChI is InChI=1S/C14H9ClN4O5/c1-5-2-9(19(23)24)8(4-7(5)15)18-10(20)3-6-11(12(18)16)14(22)17-13(6)21/h2-4H,16H2,1H3,(H,17,21,22). The molecule has 0 aliphatic carbocycles. The number of nitrogens with two attached hydrogens (primary N) is 1. The Morgan fingerprint density at radius 1 is 1.21 bits per heavy atom. The van der Waals surface area contributed by atoms with Gasteiger partial charge in [-0.15, -0.1) is 0 Å². The Balaban J connectivity index is 2.41. The normalized spacial score (nSPS) is 12.9. The molecule has 10 heteroatoms. The van der Waals surface area contributed by atoms with Gasteiger partial charge in [-0.2, -0.15) is 0 Å². The van der Waals surface area contributed by atoms with Crippen LogP contribution in [0, 0.1) is 17.0 Å². The summed E-state index contributed by atoms with van der Waals surface area (Å²) in [5.74, 6) is -1.90. The number of benzene rings is 1. The lowest BCUT2D eigenvalue weighted by Gasteiger charge is -2.13. The highest BCUT2D eigenvalue weighted by Gasteiger charge is 2.33. The number of carbonyl (C=O) groups excluding carboxylic acids is 2. The predicted molar refractivity (Wildman–Crippen MR) is 84.6 cm³/mol. The third kappa shape index (κ3) is 2.14. The van der Waals surface area contributed by atoms with Gasteiger partial charge in [-0.1, -0.05) is 11.6 Å². The van der Waals surface area contributed by atoms with Crippen LogP contribution in [0.25, 0.3) is 5.69 Å². The molecule has 122 valence electrons. The molecule has 1 aliphatic rings. The molecular formula is C14H9ClN4O5. The van der Waals surface area contributed by atoms with Gasteiger partial charge >= 0.3 is 0 Å². The van der Waals surface area contributed by atoms with Gasteiger partial charge in [0.2, 0.25) is 0 Å². The molecule has 1 aromatic carbocycles. The number of halogens is 1. The highest BCUT2D eigenvalue weighted by atomic mass is 35.5. The third-order valence-electron chi connectivity index (χ3n) is 3.65. The number of nitrogens with zero attached hydrogens (tertiary/aromatic N) is 2. The Kier molecular flexibility index (Phi) is 3.38. The first-order valence-corrected chi connectivity index (χ1v) is 6.96. The number of nitrogen functional groups attached to an aromatic ring is 1. The highest BCUT2D eigenvalue weighted by molar-refractivity contribution is 6.31. The molecule has 0 spiro atoms. The van der Waals surface area contributed by atoms with Crippen LogP contribution >= 0.6 is 11.6 Å². The number of hydrogen-bond donors (Lipinski definition) is 2. The average molecular weight is 349 g/mol. The second-order valence-corrected chi connectivity index (χ2v) is 5.53. The van der Waals surface area contributed by atoms with Crippen LogP contribution in [0.3, 0.4) is 0 Å². The first kappa shape index (κ1) is 15.7. The number of fused-ring (bicyclic) bond motifs is 1. The summed E-state index contributed by atoms with van der Waals surface area (Å²) in [6.07, 6.45) is 0. The lowest BCUT2D eigenvalue weighted by atomic mass is 10.1. The molecule has 0 unspecified atom stereocenters. The number of anilines is 1. The van der Waals surface area contributed by atoms with Gasteiger partial charge in [0, 0.05) is 17.2 Å². The highest BCUT2D eigenvalue weighted by Crippen LogP contribution is 2.31. The molecule has 1 aliphatic heterocycles. The SMILES string of the molecule is Cc1cc([N+](=O)[O-])c(-n2c(N)c3c(cc2=O)C(=O)NC3=O)cc1Cl. The van der Waals surface area contributed by atoms with Crippen molar-refractivity contribution in [3.8, 4) is 5.69 Å². The average Bonchev–Trinajstić information content (AvgIpc) is 2.76. The van der Waals surface area contributed by atoms with Crippen molar-refractivity contribution in [2.24, 2.45) is 0 Å². The molecule has 1 aromatic heterocycles. The first-order valence-electron chi connectivity index (χ1n) is 6.58. The van der Waals surface area contributed by atoms with E-state index in [4.69, 9.17) is 17.3 Å². The molecule has 0 bridgehead atoms. The van der Waals surface area contributed by atoms with Crippen LogP contribution in [0.4, 0.5) is 11.5 Å². The second-order valence-electron chi connectivity index (χ2n) is 5.12. The number of aryl methyl sites for hydroxylation is 1. The smallest absolute Gasteiger partial charge is 0.293 e. The van der Waals surface area contributed by atoms with Gasteiger partial charge in [-0.3, -0.25) is 34.4 Å². The van der Waals surface area contributed by atoms with E-state index in [2.05, 4.69) is 0 Å². The van der Waals surface area contributed by atoms with Crippen LogP contribution < -0.4 is 16.6 Å². The third-order valence-corrected chi connectivity index (χ3v) is 4.05.